The van der Waals surface area contributed by atoms with Gasteiger partial charge in [0.15, 0.2) is 0 Å². The van der Waals surface area contributed by atoms with Crippen molar-refractivity contribution in [1.29, 1.82) is 0 Å². The van der Waals surface area contributed by atoms with Crippen molar-refractivity contribution in [3.63, 3.8) is 0 Å². The third-order valence-electron chi connectivity index (χ3n) is 7.19. The highest BCUT2D eigenvalue weighted by atomic mass is 16.5. The zero-order valence-electron chi connectivity index (χ0n) is 17.6. The lowest BCUT2D eigenvalue weighted by Crippen LogP contribution is -2.44. The predicted octanol–water partition coefficient (Wildman–Crippen LogP) is 5.62. The number of hydrogen-bond donors (Lipinski definition) is 0. The first-order chi connectivity index (χ1) is 14.1. The number of nitrogens with zero attached hydrogens (tertiary/aromatic N) is 2. The Morgan fingerprint density at radius 1 is 0.966 bits per heavy atom. The maximum Gasteiger partial charge on any atom is 0.142 e. The van der Waals surface area contributed by atoms with E-state index < -0.39 is 0 Å². The lowest BCUT2D eigenvalue weighted by Gasteiger charge is -2.42. The molecular formula is C26H30N2O. The first-order valence-corrected chi connectivity index (χ1v) is 10.9. The smallest absolute Gasteiger partial charge is 0.142 e. The van der Waals surface area contributed by atoms with Crippen molar-refractivity contribution in [2.24, 2.45) is 0 Å². The summed E-state index contributed by atoms with van der Waals surface area (Å²) in [5, 5.41) is 4.47. The number of aryl methyl sites for hydroxylation is 2. The summed E-state index contributed by atoms with van der Waals surface area (Å²) >= 11 is 0. The van der Waals surface area contributed by atoms with Gasteiger partial charge in [0.1, 0.15) is 5.76 Å². The highest BCUT2D eigenvalue weighted by Crippen LogP contribution is 2.51. The van der Waals surface area contributed by atoms with Crippen LogP contribution in [0.3, 0.4) is 0 Å². The van der Waals surface area contributed by atoms with Crippen molar-refractivity contribution in [3.8, 4) is 0 Å². The van der Waals surface area contributed by atoms with Gasteiger partial charge in [0.25, 0.3) is 0 Å². The quantitative estimate of drug-likeness (QED) is 0.583. The van der Waals surface area contributed by atoms with Crippen molar-refractivity contribution in [2.45, 2.75) is 63.5 Å². The van der Waals surface area contributed by atoms with E-state index in [-0.39, 0.29) is 0 Å². The van der Waals surface area contributed by atoms with Gasteiger partial charge >= 0.3 is 0 Å². The van der Waals surface area contributed by atoms with Crippen LogP contribution < -0.4 is 0 Å². The molecule has 0 radical (unpaired) electrons. The van der Waals surface area contributed by atoms with Crippen LogP contribution >= 0.6 is 0 Å². The Hall–Kier alpha value is -2.39. The Kier molecular flexibility index (Phi) is 4.79. The van der Waals surface area contributed by atoms with Crippen molar-refractivity contribution in [3.05, 3.63) is 88.3 Å². The monoisotopic (exact) mass is 386 g/mol. The Morgan fingerprint density at radius 2 is 1.66 bits per heavy atom. The molecule has 3 aromatic rings. The van der Waals surface area contributed by atoms with E-state index in [1.54, 1.807) is 0 Å². The molecular weight excluding hydrogens is 356 g/mol. The van der Waals surface area contributed by atoms with Crippen LogP contribution in [0.5, 0.6) is 0 Å². The predicted molar refractivity (Wildman–Crippen MR) is 116 cm³/mol. The molecule has 0 aliphatic carbocycles. The van der Waals surface area contributed by atoms with Crippen LogP contribution in [0.15, 0.2) is 59.1 Å². The molecule has 1 aromatic heterocycles. The molecule has 2 bridgehead atoms. The minimum Gasteiger partial charge on any atom is -0.361 e. The molecule has 3 heterocycles. The van der Waals surface area contributed by atoms with Gasteiger partial charge in [-0.1, -0.05) is 64.8 Å². The Bertz CT molecular complexity index is 973. The molecule has 0 saturated carbocycles. The molecule has 3 nitrogen and oxygen atoms in total. The Morgan fingerprint density at radius 3 is 2.38 bits per heavy atom. The number of likely N-dealkylation sites (N-methyl/N-ethyl adjacent to an activating group) is 1. The normalized spacial score (nSPS) is 26.7. The van der Waals surface area contributed by atoms with E-state index >= 15 is 0 Å². The Balaban J connectivity index is 1.45. The van der Waals surface area contributed by atoms with Crippen molar-refractivity contribution in [2.75, 3.05) is 7.05 Å². The van der Waals surface area contributed by atoms with E-state index in [2.05, 4.69) is 85.5 Å². The number of hydrogen-bond acceptors (Lipinski definition) is 3. The number of fused-ring (bicyclic) bond motifs is 2. The highest BCUT2D eigenvalue weighted by Gasteiger charge is 2.48. The van der Waals surface area contributed by atoms with E-state index in [9.17, 15) is 0 Å². The first kappa shape index (κ1) is 18.6. The number of piperidine rings is 1. The molecule has 0 N–H and O–H groups in total. The van der Waals surface area contributed by atoms with Crippen molar-refractivity contribution in [1.82, 2.24) is 10.1 Å². The summed E-state index contributed by atoms with van der Waals surface area (Å²) in [4.78, 5) is 2.59. The van der Waals surface area contributed by atoms with E-state index in [0.717, 1.165) is 17.9 Å². The van der Waals surface area contributed by atoms with Crippen molar-refractivity contribution >= 4 is 0 Å². The minimum absolute atomic E-state index is 0.376. The zero-order chi connectivity index (χ0) is 20.0. The minimum atomic E-state index is 0.376. The zero-order valence-corrected chi connectivity index (χ0v) is 17.6. The van der Waals surface area contributed by atoms with Crippen LogP contribution in [0.2, 0.25) is 0 Å². The van der Waals surface area contributed by atoms with E-state index in [1.807, 2.05) is 0 Å². The van der Waals surface area contributed by atoms with E-state index in [4.69, 9.17) is 4.52 Å². The number of rotatable bonds is 4. The van der Waals surface area contributed by atoms with Crippen LogP contribution in [0, 0.1) is 13.8 Å². The maximum absolute atomic E-state index is 6.00. The van der Waals surface area contributed by atoms with Gasteiger partial charge in [-0.3, -0.25) is 4.90 Å². The number of aromatic nitrogens is 1. The van der Waals surface area contributed by atoms with Crippen LogP contribution in [0.1, 0.15) is 64.8 Å². The molecule has 0 spiro atoms. The maximum atomic E-state index is 6.00. The third kappa shape index (κ3) is 3.53. The van der Waals surface area contributed by atoms with Gasteiger partial charge in [-0.2, -0.15) is 0 Å². The number of benzene rings is 2. The second-order valence-corrected chi connectivity index (χ2v) is 9.13. The summed E-state index contributed by atoms with van der Waals surface area (Å²) < 4.78 is 6.00. The van der Waals surface area contributed by atoms with E-state index in [1.165, 1.54) is 41.5 Å². The van der Waals surface area contributed by atoms with Gasteiger partial charge in [-0.15, -0.1) is 0 Å². The lowest BCUT2D eigenvalue weighted by molar-refractivity contribution is 0.122. The fourth-order valence-electron chi connectivity index (χ4n) is 5.49. The van der Waals surface area contributed by atoms with Crippen molar-refractivity contribution < 1.29 is 4.52 Å². The molecule has 29 heavy (non-hydrogen) atoms. The summed E-state index contributed by atoms with van der Waals surface area (Å²) in [6, 6.07) is 21.3. The van der Waals surface area contributed by atoms with Gasteiger partial charge < -0.3 is 4.52 Å². The van der Waals surface area contributed by atoms with Crippen LogP contribution in [-0.4, -0.2) is 29.2 Å². The molecule has 4 atom stereocenters. The van der Waals surface area contributed by atoms with Gasteiger partial charge in [0.2, 0.25) is 0 Å². The SMILES string of the molecule is Cc1ccc(Cc2cc([C@@H]3C4CCC(C[C@@H]3c3ccc(C)cc3)N4C)on2)cc1. The van der Waals surface area contributed by atoms with Gasteiger partial charge in [-0.25, -0.2) is 0 Å². The summed E-state index contributed by atoms with van der Waals surface area (Å²) in [5.74, 6) is 1.94. The second-order valence-electron chi connectivity index (χ2n) is 9.13. The molecule has 3 heteroatoms. The fourth-order valence-corrected chi connectivity index (χ4v) is 5.49. The highest BCUT2D eigenvalue weighted by molar-refractivity contribution is 5.32. The molecule has 2 fully saturated rings. The van der Waals surface area contributed by atoms with Crippen LogP contribution in [0.4, 0.5) is 0 Å². The van der Waals surface area contributed by atoms with Crippen LogP contribution in [0.25, 0.3) is 0 Å². The first-order valence-electron chi connectivity index (χ1n) is 10.9. The molecule has 2 aliphatic rings. The summed E-state index contributed by atoms with van der Waals surface area (Å²) in [5.41, 5.74) is 6.38. The van der Waals surface area contributed by atoms with Gasteiger partial charge in [-0.05, 0) is 57.2 Å². The lowest BCUT2D eigenvalue weighted by atomic mass is 9.74. The van der Waals surface area contributed by atoms with Gasteiger partial charge in [0, 0.05) is 30.5 Å². The molecule has 2 aliphatic heterocycles. The standard InChI is InChI=1S/C26H30N2O/c1-17-4-8-19(9-5-17)14-21-15-25(29-27-21)26-23(20-10-6-18(2)7-11-20)16-22-12-13-24(26)28(22)3/h4-11,15,22-24,26H,12-14,16H2,1-3H3/t22?,23-,24?,26+/m1/s1. The van der Waals surface area contributed by atoms with Crippen LogP contribution in [-0.2, 0) is 6.42 Å². The molecule has 5 rings (SSSR count). The summed E-state index contributed by atoms with van der Waals surface area (Å²) in [6.45, 7) is 4.28. The molecule has 150 valence electrons. The average Bonchev–Trinajstić information content (AvgIpc) is 3.26. The fraction of sp³-hybridized carbons (Fsp3) is 0.423. The third-order valence-corrected chi connectivity index (χ3v) is 7.19. The second kappa shape index (κ2) is 7.46. The molecule has 2 aromatic carbocycles. The summed E-state index contributed by atoms with van der Waals surface area (Å²) in [6.07, 6.45) is 4.58. The average molecular weight is 387 g/mol. The van der Waals surface area contributed by atoms with E-state index in [0.29, 0.717) is 23.9 Å². The Labute approximate surface area is 173 Å². The largest absolute Gasteiger partial charge is 0.361 e. The topological polar surface area (TPSA) is 29.3 Å². The molecule has 2 saturated heterocycles. The molecule has 2 unspecified atom stereocenters. The van der Waals surface area contributed by atoms with Gasteiger partial charge in [0.05, 0.1) is 5.69 Å². The molecule has 0 amide bonds. The summed E-state index contributed by atoms with van der Waals surface area (Å²) in [7, 11) is 2.30.